The Kier molecular flexibility index (Phi) is 4.48. The van der Waals surface area contributed by atoms with Crippen molar-refractivity contribution in [3.8, 4) is 11.3 Å². The van der Waals surface area contributed by atoms with Gasteiger partial charge in [0, 0.05) is 12.2 Å². The Bertz CT molecular complexity index is 875. The summed E-state index contributed by atoms with van der Waals surface area (Å²) in [4.78, 5) is 12.4. The molecule has 0 unspecified atom stereocenters. The van der Waals surface area contributed by atoms with Gasteiger partial charge in [-0.1, -0.05) is 35.0 Å². The van der Waals surface area contributed by atoms with Crippen LogP contribution < -0.4 is 11.1 Å². The number of rotatable bonds is 4. The number of carbonyl (C=O) groups excluding carboxylic acids is 1. The fourth-order valence-electron chi connectivity index (χ4n) is 2.28. The standard InChI is InChI=1S/C17H13ClFN3O2/c18-13-5-2-6-14(19)15(13)16-12(9-24-22-16)17(23)21-8-10-3-1-4-11(20)7-10/h1-7,9H,8,20H2,(H,21,23). The van der Waals surface area contributed by atoms with Crippen LogP contribution in [0.1, 0.15) is 15.9 Å². The van der Waals surface area contributed by atoms with E-state index in [0.29, 0.717) is 5.69 Å². The number of nitrogens with two attached hydrogens (primary N) is 1. The maximum Gasteiger partial charge on any atom is 0.257 e. The van der Waals surface area contributed by atoms with Gasteiger partial charge < -0.3 is 15.6 Å². The van der Waals surface area contributed by atoms with E-state index in [4.69, 9.17) is 21.9 Å². The van der Waals surface area contributed by atoms with Crippen LogP contribution in [0, 0.1) is 5.82 Å². The van der Waals surface area contributed by atoms with Crippen molar-refractivity contribution < 1.29 is 13.7 Å². The molecule has 1 amide bonds. The Labute approximate surface area is 142 Å². The van der Waals surface area contributed by atoms with E-state index in [1.165, 1.54) is 18.2 Å². The van der Waals surface area contributed by atoms with Crippen molar-refractivity contribution in [2.75, 3.05) is 5.73 Å². The van der Waals surface area contributed by atoms with Gasteiger partial charge in [0.25, 0.3) is 5.91 Å². The second-order valence-corrected chi connectivity index (χ2v) is 5.51. The van der Waals surface area contributed by atoms with E-state index in [0.717, 1.165) is 11.8 Å². The quantitative estimate of drug-likeness (QED) is 0.707. The zero-order chi connectivity index (χ0) is 17.1. The van der Waals surface area contributed by atoms with Crippen molar-refractivity contribution in [2.45, 2.75) is 6.54 Å². The van der Waals surface area contributed by atoms with E-state index in [2.05, 4.69) is 10.5 Å². The number of hydrogen-bond donors (Lipinski definition) is 2. The van der Waals surface area contributed by atoms with Crippen LogP contribution in [0.3, 0.4) is 0 Å². The third kappa shape index (κ3) is 3.23. The first-order valence-corrected chi connectivity index (χ1v) is 7.45. The molecule has 122 valence electrons. The molecule has 0 saturated heterocycles. The monoisotopic (exact) mass is 345 g/mol. The highest BCUT2D eigenvalue weighted by atomic mass is 35.5. The minimum Gasteiger partial charge on any atom is -0.399 e. The summed E-state index contributed by atoms with van der Waals surface area (Å²) in [6.45, 7) is 0.263. The number of halogens is 2. The van der Waals surface area contributed by atoms with Crippen molar-refractivity contribution in [3.05, 3.63) is 70.7 Å². The zero-order valence-electron chi connectivity index (χ0n) is 12.4. The summed E-state index contributed by atoms with van der Waals surface area (Å²) < 4.78 is 18.9. The number of hydrogen-bond acceptors (Lipinski definition) is 4. The van der Waals surface area contributed by atoms with E-state index >= 15 is 0 Å². The molecule has 0 fully saturated rings. The topological polar surface area (TPSA) is 81.1 Å². The lowest BCUT2D eigenvalue weighted by molar-refractivity contribution is 0.0951. The minimum absolute atomic E-state index is 0.0297. The van der Waals surface area contributed by atoms with Gasteiger partial charge in [0.05, 0.1) is 10.6 Å². The predicted molar refractivity (Wildman–Crippen MR) is 88.9 cm³/mol. The molecule has 0 radical (unpaired) electrons. The summed E-state index contributed by atoms with van der Waals surface area (Å²) in [6.07, 6.45) is 1.16. The summed E-state index contributed by atoms with van der Waals surface area (Å²) in [7, 11) is 0. The smallest absolute Gasteiger partial charge is 0.257 e. The van der Waals surface area contributed by atoms with Crippen LogP contribution in [0.25, 0.3) is 11.3 Å². The van der Waals surface area contributed by atoms with Crippen molar-refractivity contribution in [2.24, 2.45) is 0 Å². The molecule has 3 rings (SSSR count). The van der Waals surface area contributed by atoms with Gasteiger partial charge >= 0.3 is 0 Å². The highest BCUT2D eigenvalue weighted by molar-refractivity contribution is 6.33. The zero-order valence-corrected chi connectivity index (χ0v) is 13.2. The average Bonchev–Trinajstić information content (AvgIpc) is 3.02. The molecule has 0 aliphatic heterocycles. The molecule has 0 aliphatic carbocycles. The number of nitrogens with one attached hydrogen (secondary N) is 1. The Morgan fingerprint density at radius 2 is 2.08 bits per heavy atom. The number of nitrogens with zero attached hydrogens (tertiary/aromatic N) is 1. The molecule has 5 nitrogen and oxygen atoms in total. The first-order chi connectivity index (χ1) is 11.6. The van der Waals surface area contributed by atoms with Gasteiger partial charge in [-0.25, -0.2) is 4.39 Å². The molecule has 3 N–H and O–H groups in total. The lowest BCUT2D eigenvalue weighted by atomic mass is 10.1. The van der Waals surface area contributed by atoms with Crippen LogP contribution in [0.5, 0.6) is 0 Å². The summed E-state index contributed by atoms with van der Waals surface area (Å²) in [5.74, 6) is -1.03. The first kappa shape index (κ1) is 16.0. The average molecular weight is 346 g/mol. The molecule has 7 heteroatoms. The number of amides is 1. The molecular formula is C17H13ClFN3O2. The van der Waals surface area contributed by atoms with Gasteiger partial charge in [-0.2, -0.15) is 0 Å². The van der Waals surface area contributed by atoms with Crippen LogP contribution >= 0.6 is 11.6 Å². The van der Waals surface area contributed by atoms with Crippen molar-refractivity contribution in [1.29, 1.82) is 0 Å². The summed E-state index contributed by atoms with van der Waals surface area (Å²) in [6, 6.07) is 11.4. The Hall–Kier alpha value is -2.86. The van der Waals surface area contributed by atoms with Crippen LogP contribution in [-0.4, -0.2) is 11.1 Å². The molecule has 2 aromatic carbocycles. The summed E-state index contributed by atoms with van der Waals surface area (Å²) >= 11 is 6.02. The van der Waals surface area contributed by atoms with Gasteiger partial charge in [-0.3, -0.25) is 4.79 Å². The Morgan fingerprint density at radius 1 is 1.29 bits per heavy atom. The molecule has 0 atom stereocenters. The van der Waals surface area contributed by atoms with E-state index < -0.39 is 11.7 Å². The second kappa shape index (κ2) is 6.72. The maximum atomic E-state index is 14.0. The fraction of sp³-hybridized carbons (Fsp3) is 0.0588. The Balaban J connectivity index is 1.83. The SMILES string of the molecule is Nc1cccc(CNC(=O)c2conc2-c2c(F)cccc2Cl)c1. The molecule has 0 bridgehead atoms. The number of aromatic nitrogens is 1. The third-order valence-corrected chi connectivity index (χ3v) is 3.73. The summed E-state index contributed by atoms with van der Waals surface area (Å²) in [5.41, 5.74) is 7.33. The molecule has 0 saturated carbocycles. The second-order valence-electron chi connectivity index (χ2n) is 5.10. The molecule has 1 aromatic heterocycles. The number of anilines is 1. The molecule has 0 spiro atoms. The highest BCUT2D eigenvalue weighted by Crippen LogP contribution is 2.31. The normalized spacial score (nSPS) is 10.6. The van der Waals surface area contributed by atoms with Crippen LogP contribution in [-0.2, 0) is 6.54 Å². The van der Waals surface area contributed by atoms with Gasteiger partial charge in [0.2, 0.25) is 0 Å². The number of nitrogen functional groups attached to an aromatic ring is 1. The molecule has 1 heterocycles. The van der Waals surface area contributed by atoms with Gasteiger partial charge in [0.1, 0.15) is 23.3 Å². The van der Waals surface area contributed by atoms with E-state index in [1.807, 2.05) is 6.07 Å². The van der Waals surface area contributed by atoms with Crippen molar-refractivity contribution in [3.63, 3.8) is 0 Å². The van der Waals surface area contributed by atoms with Gasteiger partial charge in [-0.15, -0.1) is 0 Å². The van der Waals surface area contributed by atoms with Crippen molar-refractivity contribution in [1.82, 2.24) is 10.5 Å². The van der Waals surface area contributed by atoms with E-state index in [-0.39, 0.29) is 28.4 Å². The maximum absolute atomic E-state index is 14.0. The molecule has 24 heavy (non-hydrogen) atoms. The third-order valence-electron chi connectivity index (χ3n) is 3.42. The van der Waals surface area contributed by atoms with Crippen molar-refractivity contribution >= 4 is 23.2 Å². The molecule has 0 aliphatic rings. The largest absolute Gasteiger partial charge is 0.399 e. The minimum atomic E-state index is -0.582. The van der Waals surface area contributed by atoms with Gasteiger partial charge in [-0.05, 0) is 29.8 Å². The van der Waals surface area contributed by atoms with E-state index in [1.54, 1.807) is 18.2 Å². The van der Waals surface area contributed by atoms with Crippen LogP contribution in [0.15, 0.2) is 53.3 Å². The lowest BCUT2D eigenvalue weighted by Gasteiger charge is -2.07. The predicted octanol–water partition coefficient (Wildman–Crippen LogP) is 3.65. The first-order valence-electron chi connectivity index (χ1n) is 7.07. The lowest BCUT2D eigenvalue weighted by Crippen LogP contribution is -2.23. The summed E-state index contributed by atoms with van der Waals surface area (Å²) in [5, 5.41) is 6.58. The number of carbonyl (C=O) groups is 1. The fourth-order valence-corrected chi connectivity index (χ4v) is 2.54. The molecular weight excluding hydrogens is 333 g/mol. The van der Waals surface area contributed by atoms with Gasteiger partial charge in [0.15, 0.2) is 0 Å². The van der Waals surface area contributed by atoms with E-state index in [9.17, 15) is 9.18 Å². The Morgan fingerprint density at radius 3 is 2.83 bits per heavy atom. The number of benzene rings is 2. The van der Waals surface area contributed by atoms with Crippen LogP contribution in [0.4, 0.5) is 10.1 Å². The van der Waals surface area contributed by atoms with Crippen LogP contribution in [0.2, 0.25) is 5.02 Å². The molecule has 3 aromatic rings. The highest BCUT2D eigenvalue weighted by Gasteiger charge is 2.22.